The largest absolute Gasteiger partial charge is 0.493 e. The summed E-state index contributed by atoms with van der Waals surface area (Å²) in [7, 11) is 1.40. The lowest BCUT2D eigenvalue weighted by Gasteiger charge is -2.41. The molecule has 6 heterocycles. The van der Waals surface area contributed by atoms with Gasteiger partial charge in [0.2, 0.25) is 0 Å². The summed E-state index contributed by atoms with van der Waals surface area (Å²) < 4.78 is 21.7. The van der Waals surface area contributed by atoms with Crippen molar-refractivity contribution in [3.8, 4) is 17.0 Å². The fraction of sp³-hybridized carbons (Fsp3) is 0.543. The predicted molar refractivity (Wildman–Crippen MR) is 174 cm³/mol. The molecule has 7 rings (SSSR count). The molecule has 45 heavy (non-hydrogen) atoms. The zero-order chi connectivity index (χ0) is 31.8. The molecule has 3 aliphatic rings. The molecule has 10 nitrogen and oxygen atoms in total. The second-order valence-corrected chi connectivity index (χ2v) is 13.9. The molecule has 3 aromatic heterocycles. The summed E-state index contributed by atoms with van der Waals surface area (Å²) in [6.07, 6.45) is 9.52. The normalized spacial score (nSPS) is 18.0. The number of anilines is 1. The van der Waals surface area contributed by atoms with Crippen molar-refractivity contribution in [3.63, 3.8) is 0 Å². The van der Waals surface area contributed by atoms with E-state index in [0.717, 1.165) is 72.9 Å². The third-order valence-corrected chi connectivity index (χ3v) is 9.14. The molecule has 0 unspecified atom stereocenters. The molecule has 0 amide bonds. The second-order valence-electron chi connectivity index (χ2n) is 13.9. The number of aromatic nitrogens is 5. The lowest BCUT2D eigenvalue weighted by atomic mass is 9.76. The van der Waals surface area contributed by atoms with E-state index in [0.29, 0.717) is 24.4 Å². The first-order chi connectivity index (χ1) is 21.5. The maximum Gasteiger partial charge on any atom is 0.339 e. The van der Waals surface area contributed by atoms with E-state index in [1.165, 1.54) is 20.0 Å². The number of rotatable bonds is 3. The monoisotopic (exact) mass is 614 g/mol. The topological polar surface area (TPSA) is 96.0 Å². The average molecular weight is 615 g/mol. The third-order valence-electron chi connectivity index (χ3n) is 9.14. The first kappa shape index (κ1) is 31.1. The summed E-state index contributed by atoms with van der Waals surface area (Å²) in [6.45, 7) is 13.2. The van der Waals surface area contributed by atoms with Crippen LogP contribution in [0.25, 0.3) is 16.9 Å². The Hall–Kier alpha value is -3.92. The minimum absolute atomic E-state index is 0.250. The van der Waals surface area contributed by atoms with E-state index >= 15 is 0 Å². The quantitative estimate of drug-likeness (QED) is 0.240. The van der Waals surface area contributed by atoms with Crippen LogP contribution < -0.4 is 9.64 Å². The highest BCUT2D eigenvalue weighted by Gasteiger charge is 2.38. The lowest BCUT2D eigenvalue weighted by Crippen LogP contribution is -2.41. The Labute approximate surface area is 265 Å². The smallest absolute Gasteiger partial charge is 0.339 e. The van der Waals surface area contributed by atoms with Gasteiger partial charge in [0, 0.05) is 42.2 Å². The zero-order valence-electron chi connectivity index (χ0n) is 27.5. The number of aryl methyl sites for hydroxylation is 1. The van der Waals surface area contributed by atoms with Crippen LogP contribution in [0.1, 0.15) is 89.1 Å². The van der Waals surface area contributed by atoms with Crippen LogP contribution in [0.5, 0.6) is 5.75 Å². The minimum atomic E-state index is -0.946. The number of fused-ring (bicyclic) bond motifs is 7. The lowest BCUT2D eigenvalue weighted by molar-refractivity contribution is -0.164. The molecule has 10 heteroatoms. The summed E-state index contributed by atoms with van der Waals surface area (Å²) in [5.41, 5.74) is 4.55. The van der Waals surface area contributed by atoms with Gasteiger partial charge in [0.25, 0.3) is 0 Å². The third kappa shape index (κ3) is 6.71. The molecule has 6 bridgehead atoms. The average Bonchev–Trinajstić information content (AvgIpc) is 3.64. The van der Waals surface area contributed by atoms with Gasteiger partial charge in [0.1, 0.15) is 11.6 Å². The highest BCUT2D eigenvalue weighted by molar-refractivity contribution is 5.80. The van der Waals surface area contributed by atoms with Crippen molar-refractivity contribution in [2.24, 2.45) is 5.41 Å². The molecule has 0 radical (unpaired) electrons. The number of hydrogen-bond donors (Lipinski definition) is 0. The standard InChI is InChI=1S/C35H46N6O4/c1-24-30(31(33(42)43-6)45-34(2,3)4)32-39-17-15-35(5,16-18-39)14-10-7-11-19-44-28-13-9-8-12-25(28)22-40-23-26(21-36-40)27-20-29(37-24)41(32)38-27/h8-9,12-13,20-21,23,31H,7,10-11,14-19,22H2,1-6H3/t31-/m0/s1. The zero-order valence-corrected chi connectivity index (χ0v) is 27.5. The van der Waals surface area contributed by atoms with Crippen molar-refractivity contribution in [2.45, 2.75) is 91.4 Å². The van der Waals surface area contributed by atoms with Crippen LogP contribution in [-0.4, -0.2) is 62.8 Å². The maximum absolute atomic E-state index is 13.3. The fourth-order valence-corrected chi connectivity index (χ4v) is 6.61. The molecule has 0 N–H and O–H groups in total. The van der Waals surface area contributed by atoms with Gasteiger partial charge in [0.15, 0.2) is 11.8 Å². The SMILES string of the molecule is COC(=O)[C@@H](OC(C)(C)C)c1c(C)nc2cc3nn2c1N1CCC(C)(CCCCCOc2ccccc2Cn2cc-3cn2)CC1. The van der Waals surface area contributed by atoms with Crippen molar-refractivity contribution >= 4 is 17.4 Å². The number of carbonyl (C=O) groups excluding carboxylic acids is 1. The Bertz CT molecular complexity index is 1660. The van der Waals surface area contributed by atoms with Gasteiger partial charge in [0.05, 0.1) is 43.3 Å². The van der Waals surface area contributed by atoms with E-state index in [-0.39, 0.29) is 5.41 Å². The van der Waals surface area contributed by atoms with Crippen molar-refractivity contribution < 1.29 is 19.0 Å². The van der Waals surface area contributed by atoms with Gasteiger partial charge >= 0.3 is 5.97 Å². The number of benzene rings is 1. The molecule has 1 fully saturated rings. The maximum atomic E-state index is 13.3. The molecule has 1 aromatic carbocycles. The molecular weight excluding hydrogens is 568 g/mol. The summed E-state index contributed by atoms with van der Waals surface area (Å²) in [5, 5.41) is 9.77. The first-order valence-electron chi connectivity index (χ1n) is 16.2. The number of methoxy groups -OCH3 is 1. The Morgan fingerprint density at radius 3 is 2.62 bits per heavy atom. The molecule has 4 aromatic rings. The van der Waals surface area contributed by atoms with Crippen LogP contribution in [0.2, 0.25) is 0 Å². The van der Waals surface area contributed by atoms with Gasteiger partial charge in [-0.25, -0.2) is 9.78 Å². The number of esters is 1. The van der Waals surface area contributed by atoms with E-state index in [1.54, 1.807) is 0 Å². The predicted octanol–water partition coefficient (Wildman–Crippen LogP) is 6.54. The number of hydrogen-bond acceptors (Lipinski definition) is 8. The van der Waals surface area contributed by atoms with Crippen molar-refractivity contribution in [1.29, 1.82) is 0 Å². The van der Waals surface area contributed by atoms with E-state index in [4.69, 9.17) is 24.3 Å². The number of para-hydroxylation sites is 1. The molecule has 0 saturated carbocycles. The highest BCUT2D eigenvalue weighted by Crippen LogP contribution is 2.41. The molecule has 1 saturated heterocycles. The Balaban J connectivity index is 1.48. The summed E-state index contributed by atoms with van der Waals surface area (Å²) in [5.74, 6) is 1.31. The van der Waals surface area contributed by atoms with Crippen molar-refractivity contribution in [2.75, 3.05) is 31.7 Å². The van der Waals surface area contributed by atoms with Gasteiger partial charge in [-0.05, 0) is 64.9 Å². The summed E-state index contributed by atoms with van der Waals surface area (Å²) >= 11 is 0. The molecule has 0 aliphatic carbocycles. The second kappa shape index (κ2) is 12.5. The van der Waals surface area contributed by atoms with Gasteiger partial charge in [-0.3, -0.25) is 4.68 Å². The van der Waals surface area contributed by atoms with Crippen LogP contribution >= 0.6 is 0 Å². The summed E-state index contributed by atoms with van der Waals surface area (Å²) in [6, 6.07) is 10.2. The van der Waals surface area contributed by atoms with Crippen LogP contribution in [0, 0.1) is 12.3 Å². The van der Waals surface area contributed by atoms with Crippen molar-refractivity contribution in [1.82, 2.24) is 24.4 Å². The van der Waals surface area contributed by atoms with E-state index in [2.05, 4.69) is 23.0 Å². The van der Waals surface area contributed by atoms with Crippen LogP contribution in [0.4, 0.5) is 5.82 Å². The molecule has 1 atom stereocenters. The van der Waals surface area contributed by atoms with Crippen LogP contribution in [0.15, 0.2) is 42.7 Å². The van der Waals surface area contributed by atoms with E-state index in [9.17, 15) is 4.79 Å². The minimum Gasteiger partial charge on any atom is -0.493 e. The van der Waals surface area contributed by atoms with E-state index in [1.807, 2.05) is 73.6 Å². The van der Waals surface area contributed by atoms with Crippen LogP contribution in [0.3, 0.4) is 0 Å². The number of nitrogens with zero attached hydrogens (tertiary/aromatic N) is 6. The number of piperidine rings is 1. The fourth-order valence-electron chi connectivity index (χ4n) is 6.61. The number of ether oxygens (including phenoxy) is 3. The first-order valence-corrected chi connectivity index (χ1v) is 16.2. The number of carbonyl (C=O) groups is 1. The Morgan fingerprint density at radius 2 is 1.87 bits per heavy atom. The van der Waals surface area contributed by atoms with Gasteiger partial charge < -0.3 is 19.1 Å². The Kier molecular flexibility index (Phi) is 8.61. The molecule has 3 aliphatic heterocycles. The van der Waals surface area contributed by atoms with Gasteiger partial charge in [-0.15, -0.1) is 0 Å². The van der Waals surface area contributed by atoms with Crippen molar-refractivity contribution in [3.05, 3.63) is 59.5 Å². The molecule has 240 valence electrons. The van der Waals surface area contributed by atoms with Gasteiger partial charge in [-0.2, -0.15) is 14.7 Å². The summed E-state index contributed by atoms with van der Waals surface area (Å²) in [4.78, 5) is 20.7. The van der Waals surface area contributed by atoms with Gasteiger partial charge in [-0.1, -0.05) is 38.0 Å². The van der Waals surface area contributed by atoms with Crippen LogP contribution in [-0.2, 0) is 20.8 Å². The highest BCUT2D eigenvalue weighted by atomic mass is 16.6. The molecule has 0 spiro atoms. The Morgan fingerprint density at radius 1 is 1.09 bits per heavy atom. The molecular formula is C35H46N6O4. The van der Waals surface area contributed by atoms with E-state index < -0.39 is 17.7 Å².